The van der Waals surface area contributed by atoms with Crippen LogP contribution in [0.4, 0.5) is 0 Å². The minimum atomic E-state index is 0.738. The van der Waals surface area contributed by atoms with Crippen molar-refractivity contribution in [3.05, 3.63) is 72.1 Å². The molecule has 5 nitrogen and oxygen atoms in total. The summed E-state index contributed by atoms with van der Waals surface area (Å²) in [5.74, 6) is 1.57. The summed E-state index contributed by atoms with van der Waals surface area (Å²) >= 11 is 3.15. The average Bonchev–Trinajstić information content (AvgIpc) is 3.39. The van der Waals surface area contributed by atoms with Gasteiger partial charge in [-0.05, 0) is 29.3 Å². The Morgan fingerprint density at radius 1 is 0.857 bits per heavy atom. The largest absolute Gasteiger partial charge is 0.305 e. The van der Waals surface area contributed by atoms with Crippen molar-refractivity contribution in [1.29, 1.82) is 0 Å². The van der Waals surface area contributed by atoms with E-state index in [0.29, 0.717) is 0 Å². The van der Waals surface area contributed by atoms with E-state index in [-0.39, 0.29) is 0 Å². The SMILES string of the molecule is Cn1c(Sc2nc(-c3cccs3)nc3ccccc23)nnc1-c1ccccc1. The fraction of sp³-hybridized carbons (Fsp3) is 0.0476. The van der Waals surface area contributed by atoms with Crippen LogP contribution in [0.2, 0.25) is 0 Å². The van der Waals surface area contributed by atoms with Crippen LogP contribution < -0.4 is 0 Å². The van der Waals surface area contributed by atoms with Crippen LogP contribution in [0, 0.1) is 0 Å². The number of benzene rings is 2. The monoisotopic (exact) mass is 401 g/mol. The second kappa shape index (κ2) is 7.18. The molecule has 0 fully saturated rings. The Bertz CT molecular complexity index is 1250. The molecule has 0 N–H and O–H groups in total. The van der Waals surface area contributed by atoms with Gasteiger partial charge in [0.25, 0.3) is 0 Å². The fourth-order valence-corrected chi connectivity index (χ4v) is 4.52. The molecule has 0 unspecified atom stereocenters. The molecule has 0 radical (unpaired) electrons. The van der Waals surface area contributed by atoms with E-state index >= 15 is 0 Å². The molecule has 0 amide bonds. The highest BCUT2D eigenvalue weighted by Gasteiger charge is 2.16. The highest BCUT2D eigenvalue weighted by Crippen LogP contribution is 2.34. The van der Waals surface area contributed by atoms with Crippen molar-refractivity contribution in [1.82, 2.24) is 24.7 Å². The van der Waals surface area contributed by atoms with E-state index in [1.165, 1.54) is 11.8 Å². The molecule has 28 heavy (non-hydrogen) atoms. The summed E-state index contributed by atoms with van der Waals surface area (Å²) < 4.78 is 2.00. The Balaban J connectivity index is 1.60. The molecule has 0 atom stereocenters. The molecule has 0 bridgehead atoms. The Morgan fingerprint density at radius 2 is 1.68 bits per heavy atom. The number of aromatic nitrogens is 5. The first kappa shape index (κ1) is 17.1. The predicted octanol–water partition coefficient (Wildman–Crippen LogP) is 5.31. The summed E-state index contributed by atoms with van der Waals surface area (Å²) in [5.41, 5.74) is 1.96. The van der Waals surface area contributed by atoms with Gasteiger partial charge in [-0.3, -0.25) is 0 Å². The standard InChI is InChI=1S/C21H15N5S2/c1-26-19(14-8-3-2-4-9-14)24-25-21(26)28-20-15-10-5-6-11-16(15)22-18(23-20)17-12-7-13-27-17/h2-13H,1H3. The lowest BCUT2D eigenvalue weighted by Crippen LogP contribution is -1.97. The molecule has 136 valence electrons. The van der Waals surface area contributed by atoms with Crippen molar-refractivity contribution in [3.63, 3.8) is 0 Å². The molecule has 7 heteroatoms. The molecular formula is C21H15N5S2. The van der Waals surface area contributed by atoms with Crippen molar-refractivity contribution < 1.29 is 0 Å². The number of nitrogens with zero attached hydrogens (tertiary/aromatic N) is 5. The number of para-hydroxylation sites is 1. The molecular weight excluding hydrogens is 386 g/mol. The summed E-state index contributed by atoms with van der Waals surface area (Å²) in [4.78, 5) is 10.6. The smallest absolute Gasteiger partial charge is 0.197 e. The van der Waals surface area contributed by atoms with Crippen LogP contribution in [-0.2, 0) is 7.05 Å². The van der Waals surface area contributed by atoms with E-state index in [2.05, 4.69) is 10.2 Å². The molecule has 5 aromatic rings. The zero-order valence-corrected chi connectivity index (χ0v) is 16.6. The van der Waals surface area contributed by atoms with Crippen LogP contribution >= 0.6 is 23.1 Å². The van der Waals surface area contributed by atoms with E-state index in [1.54, 1.807) is 11.3 Å². The molecule has 0 saturated carbocycles. The van der Waals surface area contributed by atoms with Gasteiger partial charge in [-0.25, -0.2) is 9.97 Å². The lowest BCUT2D eigenvalue weighted by atomic mass is 10.2. The average molecular weight is 402 g/mol. The fourth-order valence-electron chi connectivity index (χ4n) is 2.97. The minimum absolute atomic E-state index is 0.738. The number of rotatable bonds is 4. The van der Waals surface area contributed by atoms with E-state index < -0.39 is 0 Å². The maximum Gasteiger partial charge on any atom is 0.197 e. The van der Waals surface area contributed by atoms with E-state index in [1.807, 2.05) is 83.7 Å². The van der Waals surface area contributed by atoms with Crippen LogP contribution in [0.1, 0.15) is 0 Å². The Labute approximate surface area is 170 Å². The van der Waals surface area contributed by atoms with Gasteiger partial charge in [-0.2, -0.15) is 0 Å². The number of thiophene rings is 1. The van der Waals surface area contributed by atoms with Crippen molar-refractivity contribution in [3.8, 4) is 22.1 Å². The first-order chi connectivity index (χ1) is 13.8. The molecule has 0 aliphatic rings. The lowest BCUT2D eigenvalue weighted by Gasteiger charge is -2.08. The number of hydrogen-bond donors (Lipinski definition) is 0. The van der Waals surface area contributed by atoms with E-state index in [0.717, 1.165) is 43.2 Å². The lowest BCUT2D eigenvalue weighted by molar-refractivity contribution is 0.793. The molecule has 2 aromatic carbocycles. The number of fused-ring (bicyclic) bond motifs is 1. The zero-order chi connectivity index (χ0) is 18.9. The summed E-state index contributed by atoms with van der Waals surface area (Å²) in [7, 11) is 1.98. The topological polar surface area (TPSA) is 56.5 Å². The molecule has 0 spiro atoms. The second-order valence-corrected chi connectivity index (χ2v) is 8.08. The van der Waals surface area contributed by atoms with E-state index in [4.69, 9.17) is 9.97 Å². The molecule has 0 aliphatic carbocycles. The normalized spacial score (nSPS) is 11.2. The zero-order valence-electron chi connectivity index (χ0n) is 15.0. The summed E-state index contributed by atoms with van der Waals surface area (Å²) in [6, 6.07) is 22.2. The van der Waals surface area contributed by atoms with Crippen molar-refractivity contribution in [2.45, 2.75) is 10.2 Å². The molecule has 0 aliphatic heterocycles. The summed E-state index contributed by atoms with van der Waals surface area (Å²) in [6.07, 6.45) is 0. The van der Waals surface area contributed by atoms with Gasteiger partial charge in [0.2, 0.25) is 0 Å². The quantitative estimate of drug-likeness (QED) is 0.382. The third kappa shape index (κ3) is 3.08. The molecule has 3 aromatic heterocycles. The minimum Gasteiger partial charge on any atom is -0.305 e. The van der Waals surface area contributed by atoms with Gasteiger partial charge >= 0.3 is 0 Å². The Hall–Kier alpha value is -3.03. The maximum atomic E-state index is 4.84. The van der Waals surface area contributed by atoms with Crippen molar-refractivity contribution in [2.24, 2.45) is 7.05 Å². The Morgan fingerprint density at radius 3 is 2.50 bits per heavy atom. The molecule has 3 heterocycles. The van der Waals surface area contributed by atoms with Crippen LogP contribution in [0.3, 0.4) is 0 Å². The predicted molar refractivity (Wildman–Crippen MR) is 113 cm³/mol. The van der Waals surface area contributed by atoms with Gasteiger partial charge in [0, 0.05) is 18.0 Å². The van der Waals surface area contributed by atoms with Crippen LogP contribution in [0.15, 0.2) is 82.3 Å². The second-order valence-electron chi connectivity index (χ2n) is 6.18. The highest BCUT2D eigenvalue weighted by atomic mass is 32.2. The third-order valence-electron chi connectivity index (χ3n) is 4.36. The Kier molecular flexibility index (Phi) is 4.38. The molecule has 5 rings (SSSR count). The van der Waals surface area contributed by atoms with Gasteiger partial charge < -0.3 is 4.57 Å². The summed E-state index contributed by atoms with van der Waals surface area (Å²) in [5, 5.41) is 13.5. The van der Waals surface area contributed by atoms with Gasteiger partial charge in [0.15, 0.2) is 16.8 Å². The number of hydrogen-bond acceptors (Lipinski definition) is 6. The van der Waals surface area contributed by atoms with Crippen molar-refractivity contribution >= 4 is 34.0 Å². The van der Waals surface area contributed by atoms with Gasteiger partial charge in [-0.1, -0.05) is 54.6 Å². The molecule has 0 saturated heterocycles. The first-order valence-electron chi connectivity index (χ1n) is 8.73. The van der Waals surface area contributed by atoms with Gasteiger partial charge in [0.1, 0.15) is 5.03 Å². The van der Waals surface area contributed by atoms with Gasteiger partial charge in [0.05, 0.1) is 10.4 Å². The van der Waals surface area contributed by atoms with Crippen LogP contribution in [0.25, 0.3) is 33.0 Å². The van der Waals surface area contributed by atoms with Crippen molar-refractivity contribution in [2.75, 3.05) is 0 Å². The van der Waals surface area contributed by atoms with Crippen LogP contribution in [-0.4, -0.2) is 24.7 Å². The summed E-state index contributed by atoms with van der Waals surface area (Å²) in [6.45, 7) is 0. The van der Waals surface area contributed by atoms with Gasteiger partial charge in [-0.15, -0.1) is 21.5 Å². The van der Waals surface area contributed by atoms with E-state index in [9.17, 15) is 0 Å². The first-order valence-corrected chi connectivity index (χ1v) is 10.4. The highest BCUT2D eigenvalue weighted by molar-refractivity contribution is 7.99. The maximum absolute atomic E-state index is 4.84. The van der Waals surface area contributed by atoms with Crippen LogP contribution in [0.5, 0.6) is 0 Å². The third-order valence-corrected chi connectivity index (χ3v) is 6.27.